The van der Waals surface area contributed by atoms with Crippen LogP contribution < -0.4 is 10.6 Å². The summed E-state index contributed by atoms with van der Waals surface area (Å²) in [5.41, 5.74) is 0. The van der Waals surface area contributed by atoms with Crippen molar-refractivity contribution >= 4 is 125 Å². The first-order valence-electron chi connectivity index (χ1n) is 44.6. The highest BCUT2D eigenvalue weighted by atomic mass is 16.8. The summed E-state index contributed by atoms with van der Waals surface area (Å²) in [6.45, 7) is 10.6. The van der Waals surface area contributed by atoms with E-state index < -0.39 is 387 Å². The highest BCUT2D eigenvalue weighted by Gasteiger charge is 2.66. The molecule has 21 saturated heterocycles. The molecular weight excluding hydrogens is 1940 g/mol. The third kappa shape index (κ3) is 33.9. The number of nitrogens with one attached hydrogen (secondary N) is 2. The van der Waals surface area contributed by atoms with Crippen molar-refractivity contribution in [3.63, 3.8) is 0 Å². The second-order valence-electron chi connectivity index (χ2n) is 33.0. The van der Waals surface area contributed by atoms with Gasteiger partial charge in [-0.3, -0.25) is 95.9 Å². The summed E-state index contributed by atoms with van der Waals surface area (Å²) in [4.78, 5) is 289. The molecule has 0 aliphatic carbocycles. The summed E-state index contributed by atoms with van der Waals surface area (Å²) in [7, 11) is 0. The van der Waals surface area contributed by atoms with E-state index in [0.29, 0.717) is 6.42 Å². The van der Waals surface area contributed by atoms with Crippen LogP contribution >= 0.6 is 0 Å². The Kier molecular flexibility index (Phi) is 43.6. The molecule has 2 amide bonds. The Bertz CT molecular complexity index is 4230. The van der Waals surface area contributed by atoms with Gasteiger partial charge in [0.2, 0.25) is 0 Å². The van der Waals surface area contributed by atoms with Crippen molar-refractivity contribution < 1.29 is 262 Å². The van der Waals surface area contributed by atoms with Gasteiger partial charge < -0.3 is 172 Å². The molecule has 2 N–H and O–H groups in total. The fraction of sp³-hybridized carbons (Fsp3) is 0.756. The van der Waals surface area contributed by atoms with Gasteiger partial charge in [0.25, 0.3) is 0 Å². The second-order valence-corrected chi connectivity index (χ2v) is 33.0. The Morgan fingerprint density at radius 1 is 0.175 bits per heavy atom. The predicted octanol–water partition coefficient (Wildman–Crippen LogP) is -3.10. The monoisotopic (exact) mass is 2060 g/mol. The predicted molar refractivity (Wildman–Crippen MR) is 444 cm³/mol. The number of urea groups is 1. The van der Waals surface area contributed by atoms with Crippen LogP contribution in [0.3, 0.4) is 0 Å². The molecule has 14 bridgehead atoms. The molecule has 143 heavy (non-hydrogen) atoms. The number of carbonyl (C=O) groups is 21. The van der Waals surface area contributed by atoms with Crippen molar-refractivity contribution in [1.29, 1.82) is 0 Å². The van der Waals surface area contributed by atoms with Gasteiger partial charge in [0.05, 0.1) is 0 Å². The maximum atomic E-state index is 14.1. The van der Waals surface area contributed by atoms with Crippen LogP contribution in [-0.4, -0.2) is 393 Å². The van der Waals surface area contributed by atoms with Crippen LogP contribution in [0, 0.1) is 0 Å². The van der Waals surface area contributed by atoms with Crippen LogP contribution in [0.2, 0.25) is 0 Å². The molecule has 0 radical (unpaired) electrons. The Balaban J connectivity index is 1.53. The smallest absolute Gasteiger partial charge is 0.314 e. The van der Waals surface area contributed by atoms with Crippen LogP contribution in [-0.2, 0) is 257 Å². The SMILES string of the molecule is CCCNC(=O)NCC1OC2OC3C(COC(C)=O)OC(OC4C(COC(C)=O)OC(OC5C(COC(C)=O)OC(OC6C(COC(C)=O)OC(OC7C(COC(C)=O)OC(OC8C(COC(C)=O)OC(OC1C(OC(C)=O)C2OC(C)=O)C(OC(C)=O)C8OC(C)=O)C(OC(C)=O)C7OC(C)=O)C(OC(C)=O)C6OC(C)=O)C(OC(C)=O)C5OC(C)=O)C(OC(C)=O)C4OC(C)=O)C(OC(C)=O)C3OC(C)=O. The van der Waals surface area contributed by atoms with Crippen molar-refractivity contribution in [2.45, 2.75) is 367 Å². The fourth-order valence-electron chi connectivity index (χ4n) is 16.3. The molecule has 57 heteroatoms. The minimum absolute atomic E-state index is 0.0116. The van der Waals surface area contributed by atoms with Crippen molar-refractivity contribution in [3.05, 3.63) is 0 Å². The summed E-state index contributed by atoms with van der Waals surface area (Å²) in [5.74, 6) is -25.0. The number of amides is 2. The molecule has 57 nitrogen and oxygen atoms in total. The first-order chi connectivity index (χ1) is 67.2. The molecule has 21 heterocycles. The first kappa shape index (κ1) is 116. The van der Waals surface area contributed by atoms with Crippen LogP contribution in [0.15, 0.2) is 0 Å². The molecule has 802 valence electrons. The van der Waals surface area contributed by atoms with E-state index in [2.05, 4.69) is 10.6 Å². The van der Waals surface area contributed by atoms with Crippen LogP contribution in [0.5, 0.6) is 0 Å². The fourth-order valence-corrected chi connectivity index (χ4v) is 16.3. The van der Waals surface area contributed by atoms with Gasteiger partial charge in [-0.15, -0.1) is 0 Å². The zero-order chi connectivity index (χ0) is 106. The van der Waals surface area contributed by atoms with Gasteiger partial charge in [-0.05, 0) is 6.42 Å². The standard InChI is InChI=1S/C86H118N2O55/c1-22-23-87-86(109)88-24-51-58-65(116-37(8)95)72(123-44(15)102)79(130-51)138-59-52(25-110-31(2)89)132-81(74(125-46(17)104)66(59)117-38(9)96)140-61-54(27-112-33(4)91)134-83(76(127-48(19)106)68(61)119-40(11)98)142-63-56(29-114-35(6)93)136-85(78(129-50(21)108)70(63)121-42(13)100)143-64-57(30-115-36(7)94)135-84(77(128-49(20)107)71(64)122-43(14)101)141-62-55(28-113-34(5)92)133-82(75(126-47(18)105)69(62)120-41(12)99)139-60-53(26-111-32(3)90)131-80(137-58)73(124-45(16)103)67(60)118-39(10)97/h51-85H,22-30H2,1-21H3,(H2,87,88,109). The van der Waals surface area contributed by atoms with E-state index in [9.17, 15) is 101 Å². The third-order valence-corrected chi connectivity index (χ3v) is 21.1. The maximum absolute atomic E-state index is 14.1. The normalized spacial score (nSPS) is 34.1. The largest absolute Gasteiger partial charge is 0.463 e. The summed E-state index contributed by atoms with van der Waals surface area (Å²) < 4.78 is 210. The van der Waals surface area contributed by atoms with Crippen molar-refractivity contribution in [2.75, 3.05) is 52.7 Å². The summed E-state index contributed by atoms with van der Waals surface area (Å²) in [6, 6.07) is -0.977. The lowest BCUT2D eigenvalue weighted by Crippen LogP contribution is -2.70. The summed E-state index contributed by atoms with van der Waals surface area (Å²) in [5, 5.41) is 5.10. The minimum Gasteiger partial charge on any atom is -0.463 e. The molecule has 0 aromatic carbocycles. The van der Waals surface area contributed by atoms with Crippen LogP contribution in [0.1, 0.15) is 152 Å². The van der Waals surface area contributed by atoms with Crippen molar-refractivity contribution in [3.8, 4) is 0 Å². The number of hydrogen-bond donors (Lipinski definition) is 2. The van der Waals surface area contributed by atoms with E-state index in [4.69, 9.17) is 161 Å². The van der Waals surface area contributed by atoms with Gasteiger partial charge in [-0.1, -0.05) is 6.92 Å². The summed E-state index contributed by atoms with van der Waals surface area (Å²) in [6.07, 6.45) is -80.9. The average Bonchev–Trinajstić information content (AvgIpc) is 0.821. The zero-order valence-electron chi connectivity index (χ0n) is 81.5. The molecule has 21 aliphatic heterocycles. The number of esters is 20. The molecule has 0 aromatic heterocycles. The quantitative estimate of drug-likeness (QED) is 0.0531. The molecule has 0 aromatic rings. The lowest BCUT2D eigenvalue weighted by Gasteiger charge is -2.52. The Labute approximate surface area is 814 Å². The first-order valence-corrected chi connectivity index (χ1v) is 44.6. The lowest BCUT2D eigenvalue weighted by molar-refractivity contribution is -0.396. The van der Waals surface area contributed by atoms with Gasteiger partial charge in [-0.25, -0.2) is 4.79 Å². The third-order valence-electron chi connectivity index (χ3n) is 21.1. The Morgan fingerprint density at radius 3 is 0.441 bits per heavy atom. The molecule has 21 aliphatic rings. The van der Waals surface area contributed by atoms with E-state index in [1.807, 2.05) is 0 Å². The Morgan fingerprint density at radius 2 is 0.308 bits per heavy atom. The van der Waals surface area contributed by atoms with Gasteiger partial charge in [0, 0.05) is 152 Å². The molecule has 0 saturated carbocycles. The van der Waals surface area contributed by atoms with Crippen molar-refractivity contribution in [1.82, 2.24) is 10.6 Å². The lowest BCUT2D eigenvalue weighted by atomic mass is 9.94. The van der Waals surface area contributed by atoms with Gasteiger partial charge >= 0.3 is 125 Å². The maximum Gasteiger partial charge on any atom is 0.314 e. The number of hydrogen-bond acceptors (Lipinski definition) is 55. The molecular formula is C86H118N2O55. The van der Waals surface area contributed by atoms with Crippen molar-refractivity contribution in [2.24, 2.45) is 0 Å². The van der Waals surface area contributed by atoms with Gasteiger partial charge in [0.15, 0.2) is 129 Å². The number of carbonyl (C=O) groups excluding carboxylic acids is 21. The molecule has 35 atom stereocenters. The minimum atomic E-state index is -2.47. The molecule has 0 spiro atoms. The van der Waals surface area contributed by atoms with Crippen LogP contribution in [0.25, 0.3) is 0 Å². The highest BCUT2D eigenvalue weighted by Crippen LogP contribution is 2.45. The van der Waals surface area contributed by atoms with E-state index in [1.165, 1.54) is 0 Å². The van der Waals surface area contributed by atoms with E-state index in [1.54, 1.807) is 6.92 Å². The van der Waals surface area contributed by atoms with Crippen LogP contribution in [0.4, 0.5) is 4.79 Å². The van der Waals surface area contributed by atoms with Gasteiger partial charge in [-0.2, -0.15) is 0 Å². The summed E-state index contributed by atoms with van der Waals surface area (Å²) >= 11 is 0. The topological polar surface area (TPSA) is 696 Å². The molecule has 21 fully saturated rings. The Hall–Kier alpha value is -11.9. The average molecular weight is 2060 g/mol. The molecule has 21 rings (SSSR count). The second kappa shape index (κ2) is 53.6. The zero-order valence-corrected chi connectivity index (χ0v) is 81.5. The van der Waals surface area contributed by atoms with Gasteiger partial charge in [0.1, 0.15) is 125 Å². The highest BCUT2D eigenvalue weighted by molar-refractivity contribution is 5.75. The number of ether oxygens (including phenoxy) is 34. The molecule has 35 unspecified atom stereocenters. The van der Waals surface area contributed by atoms with E-state index >= 15 is 0 Å². The number of rotatable bonds is 30. The van der Waals surface area contributed by atoms with E-state index in [0.717, 1.165) is 138 Å². The van der Waals surface area contributed by atoms with E-state index in [-0.39, 0.29) is 6.54 Å².